The van der Waals surface area contributed by atoms with E-state index in [1.54, 1.807) is 23.1 Å². The van der Waals surface area contributed by atoms with Gasteiger partial charge in [-0.1, -0.05) is 12.1 Å². The smallest absolute Gasteiger partial charge is 0.289 e. The van der Waals surface area contributed by atoms with Gasteiger partial charge >= 0.3 is 0 Å². The van der Waals surface area contributed by atoms with Crippen molar-refractivity contribution in [1.29, 1.82) is 5.26 Å². The van der Waals surface area contributed by atoms with E-state index < -0.39 is 6.04 Å². The van der Waals surface area contributed by atoms with Crippen molar-refractivity contribution in [3.63, 3.8) is 0 Å². The fraction of sp³-hybridized carbons (Fsp3) is 0.333. The van der Waals surface area contributed by atoms with Crippen molar-refractivity contribution >= 4 is 5.91 Å². The zero-order valence-electron chi connectivity index (χ0n) is 13.4. The Morgan fingerprint density at radius 1 is 1.21 bits per heavy atom. The van der Waals surface area contributed by atoms with Gasteiger partial charge in [0.05, 0.1) is 12.3 Å². The number of benzene rings is 1. The maximum absolute atomic E-state index is 13.1. The molecule has 24 heavy (non-hydrogen) atoms. The SMILES string of the molecule is Cc1ccoc1C(=O)N1CCN([C@@H](C#N)c2ccc(F)cc2)CC1. The molecular formula is C18H18FN3O2. The largest absolute Gasteiger partial charge is 0.459 e. The first kappa shape index (κ1) is 16.2. The fourth-order valence-corrected chi connectivity index (χ4v) is 2.93. The summed E-state index contributed by atoms with van der Waals surface area (Å²) in [6, 6.07) is 9.58. The third-order valence-electron chi connectivity index (χ3n) is 4.33. The van der Waals surface area contributed by atoms with Crippen LogP contribution in [0.2, 0.25) is 0 Å². The monoisotopic (exact) mass is 327 g/mol. The molecule has 0 spiro atoms. The van der Waals surface area contributed by atoms with Crippen LogP contribution in [0, 0.1) is 24.1 Å². The van der Waals surface area contributed by atoms with E-state index in [0.29, 0.717) is 31.9 Å². The van der Waals surface area contributed by atoms with Crippen LogP contribution in [0.15, 0.2) is 41.0 Å². The highest BCUT2D eigenvalue weighted by Gasteiger charge is 2.29. The van der Waals surface area contributed by atoms with Crippen molar-refractivity contribution in [2.24, 2.45) is 0 Å². The van der Waals surface area contributed by atoms with E-state index in [9.17, 15) is 14.4 Å². The average molecular weight is 327 g/mol. The van der Waals surface area contributed by atoms with E-state index in [4.69, 9.17) is 4.42 Å². The molecule has 2 aromatic rings. The summed E-state index contributed by atoms with van der Waals surface area (Å²) in [6.07, 6.45) is 1.51. The van der Waals surface area contributed by atoms with Crippen LogP contribution in [0.3, 0.4) is 0 Å². The van der Waals surface area contributed by atoms with E-state index in [1.807, 2.05) is 11.8 Å². The number of rotatable bonds is 3. The van der Waals surface area contributed by atoms with Crippen molar-refractivity contribution < 1.29 is 13.6 Å². The molecule has 1 aromatic carbocycles. The normalized spacial score (nSPS) is 16.6. The van der Waals surface area contributed by atoms with Gasteiger partial charge in [0.25, 0.3) is 5.91 Å². The third-order valence-corrected chi connectivity index (χ3v) is 4.33. The molecule has 0 unspecified atom stereocenters. The van der Waals surface area contributed by atoms with Crippen molar-refractivity contribution in [2.75, 3.05) is 26.2 Å². The van der Waals surface area contributed by atoms with Crippen LogP contribution in [-0.4, -0.2) is 41.9 Å². The maximum Gasteiger partial charge on any atom is 0.289 e. The highest BCUT2D eigenvalue weighted by molar-refractivity contribution is 5.92. The molecule has 0 radical (unpaired) electrons. The highest BCUT2D eigenvalue weighted by Crippen LogP contribution is 2.23. The molecule has 124 valence electrons. The summed E-state index contributed by atoms with van der Waals surface area (Å²) in [5.41, 5.74) is 1.59. The predicted molar refractivity (Wildman–Crippen MR) is 85.7 cm³/mol. The van der Waals surface area contributed by atoms with Gasteiger partial charge in [0.2, 0.25) is 0 Å². The number of amides is 1. The minimum atomic E-state index is -0.437. The zero-order chi connectivity index (χ0) is 17.1. The number of hydrogen-bond donors (Lipinski definition) is 0. The van der Waals surface area contributed by atoms with Crippen molar-refractivity contribution in [1.82, 2.24) is 9.80 Å². The number of halogens is 1. The zero-order valence-corrected chi connectivity index (χ0v) is 13.4. The first-order chi connectivity index (χ1) is 11.6. The first-order valence-electron chi connectivity index (χ1n) is 7.82. The van der Waals surface area contributed by atoms with E-state index in [-0.39, 0.29) is 11.7 Å². The minimum Gasteiger partial charge on any atom is -0.459 e. The second-order valence-corrected chi connectivity index (χ2v) is 5.84. The maximum atomic E-state index is 13.1. The average Bonchev–Trinajstić information content (AvgIpc) is 3.03. The van der Waals surface area contributed by atoms with Crippen LogP contribution in [0.1, 0.15) is 27.7 Å². The lowest BCUT2D eigenvalue weighted by molar-refractivity contribution is 0.0575. The molecule has 2 heterocycles. The van der Waals surface area contributed by atoms with Gasteiger partial charge < -0.3 is 9.32 Å². The molecule has 1 atom stereocenters. The first-order valence-corrected chi connectivity index (χ1v) is 7.82. The quantitative estimate of drug-likeness (QED) is 0.870. The second-order valence-electron chi connectivity index (χ2n) is 5.84. The van der Waals surface area contributed by atoms with Gasteiger partial charge in [-0.25, -0.2) is 4.39 Å². The highest BCUT2D eigenvalue weighted by atomic mass is 19.1. The van der Waals surface area contributed by atoms with Crippen LogP contribution in [0.5, 0.6) is 0 Å². The number of carbonyl (C=O) groups excluding carboxylic acids is 1. The van der Waals surface area contributed by atoms with Gasteiger partial charge in [-0.15, -0.1) is 0 Å². The summed E-state index contributed by atoms with van der Waals surface area (Å²) < 4.78 is 18.3. The lowest BCUT2D eigenvalue weighted by Crippen LogP contribution is -2.49. The van der Waals surface area contributed by atoms with Gasteiger partial charge in [-0.05, 0) is 30.7 Å². The molecule has 0 N–H and O–H groups in total. The topological polar surface area (TPSA) is 60.5 Å². The van der Waals surface area contributed by atoms with Crippen LogP contribution in [0.25, 0.3) is 0 Å². The summed E-state index contributed by atoms with van der Waals surface area (Å²) in [4.78, 5) is 16.2. The predicted octanol–water partition coefficient (Wildman–Crippen LogP) is 2.75. The minimum absolute atomic E-state index is 0.118. The molecule has 5 nitrogen and oxygen atoms in total. The number of furan rings is 1. The molecule has 3 rings (SSSR count). The van der Waals surface area contributed by atoms with Crippen LogP contribution in [0.4, 0.5) is 4.39 Å². The van der Waals surface area contributed by atoms with Gasteiger partial charge in [0.15, 0.2) is 5.76 Å². The molecule has 0 bridgehead atoms. The van der Waals surface area contributed by atoms with Crippen LogP contribution in [-0.2, 0) is 0 Å². The van der Waals surface area contributed by atoms with Crippen molar-refractivity contribution in [3.8, 4) is 6.07 Å². The van der Waals surface area contributed by atoms with E-state index in [1.165, 1.54) is 18.4 Å². The summed E-state index contributed by atoms with van der Waals surface area (Å²) in [5, 5.41) is 9.48. The van der Waals surface area contributed by atoms with E-state index in [2.05, 4.69) is 6.07 Å². The van der Waals surface area contributed by atoms with Gasteiger partial charge in [-0.2, -0.15) is 5.26 Å². The van der Waals surface area contributed by atoms with Crippen molar-refractivity contribution in [2.45, 2.75) is 13.0 Å². The van der Waals surface area contributed by atoms with Crippen LogP contribution < -0.4 is 0 Å². The van der Waals surface area contributed by atoms with Gasteiger partial charge in [-0.3, -0.25) is 9.69 Å². The molecular weight excluding hydrogens is 309 g/mol. The summed E-state index contributed by atoms with van der Waals surface area (Å²) in [7, 11) is 0. The Hall–Kier alpha value is -2.65. The molecule has 0 saturated carbocycles. The molecule has 6 heteroatoms. The summed E-state index contributed by atoms with van der Waals surface area (Å²) >= 11 is 0. The fourth-order valence-electron chi connectivity index (χ4n) is 2.93. The molecule has 1 aliphatic heterocycles. The Kier molecular flexibility index (Phi) is 4.63. The number of aryl methyl sites for hydroxylation is 1. The second kappa shape index (κ2) is 6.85. The number of carbonyl (C=O) groups is 1. The Morgan fingerprint density at radius 3 is 2.42 bits per heavy atom. The molecule has 1 aromatic heterocycles. The number of hydrogen-bond acceptors (Lipinski definition) is 4. The van der Waals surface area contributed by atoms with Crippen LogP contribution >= 0.6 is 0 Å². The number of nitrogens with zero attached hydrogens (tertiary/aromatic N) is 3. The summed E-state index contributed by atoms with van der Waals surface area (Å²) in [5.74, 6) is -0.0640. The number of nitriles is 1. The molecule has 1 fully saturated rings. The van der Waals surface area contributed by atoms with E-state index in [0.717, 1.165) is 11.1 Å². The Morgan fingerprint density at radius 2 is 1.88 bits per heavy atom. The molecule has 1 aliphatic rings. The molecule has 1 amide bonds. The molecule has 1 saturated heterocycles. The molecule has 0 aliphatic carbocycles. The Balaban J connectivity index is 1.66. The number of piperazine rings is 1. The standard InChI is InChI=1S/C18H18FN3O2/c1-13-6-11-24-17(13)18(23)22-9-7-21(8-10-22)16(12-20)14-2-4-15(19)5-3-14/h2-6,11,16H,7-10H2,1H3/t16-/m0/s1. The van der Waals surface area contributed by atoms with Gasteiger partial charge in [0.1, 0.15) is 11.9 Å². The lowest BCUT2D eigenvalue weighted by atomic mass is 10.1. The lowest BCUT2D eigenvalue weighted by Gasteiger charge is -2.36. The Bertz CT molecular complexity index is 755. The van der Waals surface area contributed by atoms with Crippen molar-refractivity contribution in [3.05, 3.63) is 59.3 Å². The van der Waals surface area contributed by atoms with E-state index >= 15 is 0 Å². The third kappa shape index (κ3) is 3.17. The van der Waals surface area contributed by atoms with Gasteiger partial charge in [0, 0.05) is 31.7 Å². The summed E-state index contributed by atoms with van der Waals surface area (Å²) in [6.45, 7) is 4.06. The Labute approximate surface area is 139 Å².